The third-order valence-corrected chi connectivity index (χ3v) is 8.72. The smallest absolute Gasteiger partial charge is 0.251 e. The van der Waals surface area contributed by atoms with Crippen LogP contribution in [0.25, 0.3) is 5.69 Å². The number of aliphatic imine (C=N–C) groups is 1. The van der Waals surface area contributed by atoms with Gasteiger partial charge in [0, 0.05) is 40.9 Å². The minimum absolute atomic E-state index is 0.0997. The molecule has 234 valence electrons. The highest BCUT2D eigenvalue weighted by Crippen LogP contribution is 2.34. The van der Waals surface area contributed by atoms with Crippen LogP contribution < -0.4 is 15.4 Å². The van der Waals surface area contributed by atoms with Gasteiger partial charge < -0.3 is 15.4 Å². The molecule has 2 heterocycles. The topological polar surface area (TPSA) is 131 Å². The van der Waals surface area contributed by atoms with E-state index in [1.807, 2.05) is 54.0 Å². The van der Waals surface area contributed by atoms with Crippen LogP contribution in [0.15, 0.2) is 76.6 Å². The minimum Gasteiger partial charge on any atom is -0.497 e. The highest BCUT2D eigenvalue weighted by Gasteiger charge is 2.30. The number of carbonyl (C=O) groups excluding carboxylic acids is 2. The van der Waals surface area contributed by atoms with Gasteiger partial charge in [0.25, 0.3) is 5.91 Å². The summed E-state index contributed by atoms with van der Waals surface area (Å²) in [5.74, 6) is 1.66. The average molecular weight is 648 g/mol. The summed E-state index contributed by atoms with van der Waals surface area (Å²) >= 11 is 5.29. The number of rotatable bonds is 12. The monoisotopic (exact) mass is 647 g/mol. The van der Waals surface area contributed by atoms with Gasteiger partial charge in [0.1, 0.15) is 23.9 Å². The Morgan fingerprint density at radius 2 is 1.76 bits per heavy atom. The Balaban J connectivity index is 1.21. The number of nitrogens with zero attached hydrogens (tertiary/aromatic N) is 4. The van der Waals surface area contributed by atoms with Crippen LogP contribution in [0, 0.1) is 6.92 Å². The number of methoxy groups -OCH3 is 1. The van der Waals surface area contributed by atoms with Gasteiger partial charge >= 0.3 is 0 Å². The fourth-order valence-corrected chi connectivity index (χ4v) is 5.90. The maximum absolute atomic E-state index is 13.2. The van der Waals surface area contributed by atoms with Crippen molar-refractivity contribution in [2.45, 2.75) is 43.5 Å². The third-order valence-electron chi connectivity index (χ3n) is 7.53. The number of benzene rings is 3. The van der Waals surface area contributed by atoms with E-state index in [1.165, 1.54) is 0 Å². The maximum atomic E-state index is 13.2. The zero-order chi connectivity index (χ0) is 31.9. The van der Waals surface area contributed by atoms with E-state index in [-0.39, 0.29) is 18.2 Å². The lowest BCUT2D eigenvalue weighted by Gasteiger charge is -2.14. The van der Waals surface area contributed by atoms with Crippen LogP contribution in [0.3, 0.4) is 0 Å². The summed E-state index contributed by atoms with van der Waals surface area (Å²) < 4.78 is 17.3. The fourth-order valence-electron chi connectivity index (χ4n) is 5.20. The van der Waals surface area contributed by atoms with Crippen molar-refractivity contribution in [3.63, 3.8) is 0 Å². The molecule has 0 spiro atoms. The number of hydrogen-bond donors (Lipinski definition) is 3. The molecule has 0 saturated heterocycles. The number of aryl methyl sites for hydroxylation is 1. The lowest BCUT2D eigenvalue weighted by atomic mass is 10.00. The summed E-state index contributed by atoms with van der Waals surface area (Å²) in [5.41, 5.74) is 3.80. The molecule has 3 aromatic carbocycles. The molecule has 0 bridgehead atoms. The van der Waals surface area contributed by atoms with Gasteiger partial charge in [-0.1, -0.05) is 29.8 Å². The first-order valence-corrected chi connectivity index (χ1v) is 16.7. The second kappa shape index (κ2) is 14.7. The number of nitrogens with one attached hydrogen (secondary N) is 2. The summed E-state index contributed by atoms with van der Waals surface area (Å²) in [7, 11) is 1.62. The molecular weight excluding hydrogens is 612 g/mol. The number of fused-ring (bicyclic) bond motifs is 3. The predicted molar refractivity (Wildman–Crippen MR) is 177 cm³/mol. The molecule has 0 saturated carbocycles. The second-order valence-electron chi connectivity index (χ2n) is 10.7. The number of halogens is 1. The van der Waals surface area contributed by atoms with E-state index < -0.39 is 17.2 Å². The molecule has 1 aliphatic rings. The van der Waals surface area contributed by atoms with Crippen LogP contribution in [0.1, 0.15) is 64.9 Å². The van der Waals surface area contributed by atoms with E-state index >= 15 is 0 Å². The van der Waals surface area contributed by atoms with Crippen LogP contribution in [0.4, 0.5) is 0 Å². The first kappa shape index (κ1) is 32.2. The van der Waals surface area contributed by atoms with Crippen molar-refractivity contribution < 1.29 is 18.9 Å². The van der Waals surface area contributed by atoms with Gasteiger partial charge in [-0.2, -0.15) is 4.55 Å². The van der Waals surface area contributed by atoms with Crippen molar-refractivity contribution in [3.8, 4) is 11.4 Å². The Kier molecular flexibility index (Phi) is 10.5. The summed E-state index contributed by atoms with van der Waals surface area (Å²) in [4.78, 5) is 31.4. The van der Waals surface area contributed by atoms with Crippen molar-refractivity contribution in [2.75, 3.05) is 26.5 Å². The quantitative estimate of drug-likeness (QED) is 0.141. The molecule has 0 aliphatic carbocycles. The second-order valence-corrected chi connectivity index (χ2v) is 12.6. The van der Waals surface area contributed by atoms with Crippen LogP contribution in [-0.4, -0.2) is 63.3 Å². The Morgan fingerprint density at radius 1 is 1.00 bits per heavy atom. The van der Waals surface area contributed by atoms with Crippen LogP contribution in [0.5, 0.6) is 5.75 Å². The molecular formula is C33H36ClN6O4S+. The standard InChI is InChI=1S/C33H35ClN6O4S/c1-21-38-39-32-28(20-30(41)35-16-5-4-6-17-36-33(42)23-8-7-9-26(18-23)45(3)43)37-31(22-10-12-24(34)13-11-22)27-19-25(44-2)14-15-29(27)40(21)32/h7-15,18-19,28,43H,4-6,16-17,20H2,1-3H3,(H-,35,36,41,42)/p+1/t28-,45?/m0/s1. The summed E-state index contributed by atoms with van der Waals surface area (Å²) in [6.45, 7) is 2.91. The number of unbranched alkanes of at least 4 members (excludes halogenated alkanes) is 2. The first-order chi connectivity index (χ1) is 21.7. The Hall–Kier alpha value is -4.19. The Bertz CT molecular complexity index is 1710. The van der Waals surface area contributed by atoms with E-state index in [1.54, 1.807) is 37.6 Å². The van der Waals surface area contributed by atoms with Gasteiger partial charge in [0.2, 0.25) is 5.91 Å². The van der Waals surface area contributed by atoms with E-state index in [2.05, 4.69) is 20.8 Å². The molecule has 0 radical (unpaired) electrons. The van der Waals surface area contributed by atoms with Gasteiger partial charge in [-0.3, -0.25) is 19.1 Å². The van der Waals surface area contributed by atoms with Crippen molar-refractivity contribution in [1.29, 1.82) is 0 Å². The van der Waals surface area contributed by atoms with Crippen molar-refractivity contribution in [3.05, 3.63) is 100 Å². The molecule has 3 N–H and O–H groups in total. The minimum atomic E-state index is -0.895. The normalized spacial score (nSPS) is 14.4. The van der Waals surface area contributed by atoms with Gasteiger partial charge in [0.05, 0.1) is 24.9 Å². The molecule has 5 rings (SSSR count). The maximum Gasteiger partial charge on any atom is 0.251 e. The van der Waals surface area contributed by atoms with Crippen molar-refractivity contribution in [1.82, 2.24) is 25.4 Å². The van der Waals surface area contributed by atoms with Gasteiger partial charge in [-0.05, 0) is 68.7 Å². The van der Waals surface area contributed by atoms with E-state index in [4.69, 9.17) is 21.3 Å². The summed E-state index contributed by atoms with van der Waals surface area (Å²) in [5, 5.41) is 15.3. The van der Waals surface area contributed by atoms with Crippen LogP contribution >= 0.6 is 11.6 Å². The molecule has 2 atom stereocenters. The van der Waals surface area contributed by atoms with Gasteiger partial charge in [0.15, 0.2) is 21.9 Å². The largest absolute Gasteiger partial charge is 0.497 e. The molecule has 4 aromatic rings. The molecule has 10 nitrogen and oxygen atoms in total. The molecule has 12 heteroatoms. The zero-order valence-electron chi connectivity index (χ0n) is 25.4. The lowest BCUT2D eigenvalue weighted by Crippen LogP contribution is -2.27. The molecule has 1 aromatic heterocycles. The summed E-state index contributed by atoms with van der Waals surface area (Å²) in [6, 6.07) is 19.7. The van der Waals surface area contributed by atoms with Crippen molar-refractivity contribution in [2.24, 2.45) is 4.99 Å². The molecule has 1 aliphatic heterocycles. The van der Waals surface area contributed by atoms with Gasteiger partial charge in [-0.15, -0.1) is 10.2 Å². The molecule has 45 heavy (non-hydrogen) atoms. The molecule has 0 fully saturated rings. The van der Waals surface area contributed by atoms with Crippen molar-refractivity contribution >= 4 is 40.3 Å². The lowest BCUT2D eigenvalue weighted by molar-refractivity contribution is -0.121. The van der Waals surface area contributed by atoms with E-state index in [0.717, 1.165) is 41.0 Å². The molecule has 2 amide bonds. The number of hydrogen-bond acceptors (Lipinski definition) is 7. The fraction of sp³-hybridized carbons (Fsp3) is 0.303. The average Bonchev–Trinajstić information content (AvgIpc) is 3.37. The number of ether oxygens (including phenoxy) is 1. The Labute approximate surface area is 270 Å². The van der Waals surface area contributed by atoms with E-state index in [0.29, 0.717) is 46.8 Å². The highest BCUT2D eigenvalue weighted by atomic mass is 35.5. The molecule has 1 unspecified atom stereocenters. The SMILES string of the molecule is COc1ccc2c(c1)C(c1ccc(Cl)cc1)=N[C@@H](CC(=O)NCCCCCNC(=O)c1cccc([S+](C)O)c1)c1nnc(C)n1-2. The zero-order valence-corrected chi connectivity index (χ0v) is 27.0. The number of amides is 2. The van der Waals surface area contributed by atoms with Crippen LogP contribution in [0.2, 0.25) is 5.02 Å². The first-order valence-electron chi connectivity index (χ1n) is 14.7. The predicted octanol–water partition coefficient (Wildman–Crippen LogP) is 5.32. The number of carbonyl (C=O) groups is 2. The Morgan fingerprint density at radius 3 is 2.49 bits per heavy atom. The van der Waals surface area contributed by atoms with Gasteiger partial charge in [-0.25, -0.2) is 0 Å². The third kappa shape index (κ3) is 7.73. The number of aromatic nitrogens is 3. The van der Waals surface area contributed by atoms with Crippen LogP contribution in [-0.2, 0) is 16.0 Å². The highest BCUT2D eigenvalue weighted by molar-refractivity contribution is 7.90. The summed E-state index contributed by atoms with van der Waals surface area (Å²) in [6.07, 6.45) is 4.18. The van der Waals surface area contributed by atoms with E-state index in [9.17, 15) is 14.1 Å².